The van der Waals surface area contributed by atoms with Crippen molar-refractivity contribution in [1.29, 1.82) is 0 Å². The minimum absolute atomic E-state index is 0.745. The number of aromatic nitrogens is 1. The summed E-state index contributed by atoms with van der Waals surface area (Å²) in [5.74, 6) is -7.50. The quantitative estimate of drug-likeness (QED) is 0.423. The molecule has 4 rings (SSSR count). The monoisotopic (exact) mass is 629 g/mol. The molecule has 4 heterocycles. The Labute approximate surface area is 232 Å². The fourth-order valence-corrected chi connectivity index (χ4v) is 4.35. The van der Waals surface area contributed by atoms with Gasteiger partial charge in [-0.3, -0.25) is 14.8 Å². The van der Waals surface area contributed by atoms with Crippen molar-refractivity contribution >= 4 is 17.9 Å². The highest BCUT2D eigenvalue weighted by Crippen LogP contribution is 2.33. The van der Waals surface area contributed by atoms with Crippen LogP contribution in [-0.4, -0.2) is 111 Å². The SMILES string of the molecule is O=C(O)C(F)(F)F.O=C(O)C(F)(F)F.O=C(O)C(F)(F)F.c1ccc(CN2CC[C@@H]3[C@@H]2CCN3CC2CCOC2)nc1. The molecule has 0 aliphatic carbocycles. The Morgan fingerprint density at radius 2 is 1.24 bits per heavy atom. The number of fused-ring (bicyclic) bond motifs is 1. The van der Waals surface area contributed by atoms with Gasteiger partial charge in [0.05, 0.1) is 12.3 Å². The third kappa shape index (κ3) is 13.2. The highest BCUT2D eigenvalue weighted by Gasteiger charge is 2.43. The van der Waals surface area contributed by atoms with Crippen LogP contribution in [0, 0.1) is 5.92 Å². The van der Waals surface area contributed by atoms with E-state index < -0.39 is 36.4 Å². The first-order chi connectivity index (χ1) is 19.2. The lowest BCUT2D eigenvalue weighted by Crippen LogP contribution is -2.38. The van der Waals surface area contributed by atoms with Crippen molar-refractivity contribution in [2.24, 2.45) is 5.92 Å². The number of likely N-dealkylation sites (tertiary alicyclic amines) is 2. The highest BCUT2D eigenvalue weighted by molar-refractivity contribution is 5.73. The maximum atomic E-state index is 10.6. The minimum atomic E-state index is -5.08. The van der Waals surface area contributed by atoms with Crippen LogP contribution >= 0.6 is 0 Å². The maximum absolute atomic E-state index is 10.6. The summed E-state index contributed by atoms with van der Waals surface area (Å²) < 4.78 is 101. The molecule has 0 bridgehead atoms. The van der Waals surface area contributed by atoms with Crippen molar-refractivity contribution in [3.05, 3.63) is 30.1 Å². The molecule has 0 radical (unpaired) electrons. The molecule has 10 nitrogen and oxygen atoms in total. The number of carbonyl (C=O) groups is 3. The summed E-state index contributed by atoms with van der Waals surface area (Å²) in [6.45, 7) is 6.71. The summed E-state index contributed by atoms with van der Waals surface area (Å²) in [5, 5.41) is 21.4. The second kappa shape index (κ2) is 15.9. The van der Waals surface area contributed by atoms with E-state index in [1.54, 1.807) is 0 Å². The van der Waals surface area contributed by atoms with Crippen LogP contribution in [0.15, 0.2) is 24.4 Å². The molecular formula is C23H28F9N3O7. The predicted octanol–water partition coefficient (Wildman–Crippen LogP) is 3.67. The number of nitrogens with zero attached hydrogens (tertiary/aromatic N) is 3. The third-order valence-electron chi connectivity index (χ3n) is 6.14. The van der Waals surface area contributed by atoms with Crippen molar-refractivity contribution in [2.75, 3.05) is 32.8 Å². The molecular weight excluding hydrogens is 601 g/mol. The van der Waals surface area contributed by atoms with E-state index >= 15 is 0 Å². The molecule has 0 saturated carbocycles. The fraction of sp³-hybridized carbons (Fsp3) is 0.652. The van der Waals surface area contributed by atoms with Crippen LogP contribution in [0.4, 0.5) is 39.5 Å². The standard InChI is InChI=1S/C17H25N3O.3C2HF3O2/c1-2-7-18-15(3-1)12-20-9-5-16-17(20)4-8-19(16)11-14-6-10-21-13-14;3*3-2(4,5)1(6)7/h1-3,7,14,16-17H,4-6,8-13H2;3*(H,6,7)/t14?,16-,17+;;;/m1.../s1. The van der Waals surface area contributed by atoms with E-state index in [2.05, 4.69) is 26.9 Å². The van der Waals surface area contributed by atoms with E-state index in [0.29, 0.717) is 0 Å². The number of carboxylic acids is 3. The lowest BCUT2D eigenvalue weighted by Gasteiger charge is -2.27. The fourth-order valence-electron chi connectivity index (χ4n) is 4.35. The molecule has 240 valence electrons. The van der Waals surface area contributed by atoms with Gasteiger partial charge in [-0.25, -0.2) is 14.4 Å². The summed E-state index contributed by atoms with van der Waals surface area (Å²) in [6.07, 6.45) is -9.44. The van der Waals surface area contributed by atoms with Crippen LogP contribution in [0.3, 0.4) is 0 Å². The van der Waals surface area contributed by atoms with Gasteiger partial charge in [0.15, 0.2) is 0 Å². The first-order valence-electron chi connectivity index (χ1n) is 12.1. The number of aliphatic carboxylic acids is 3. The molecule has 42 heavy (non-hydrogen) atoms. The lowest BCUT2D eigenvalue weighted by atomic mass is 10.1. The average Bonchev–Trinajstić information content (AvgIpc) is 3.60. The largest absolute Gasteiger partial charge is 0.490 e. The van der Waals surface area contributed by atoms with E-state index in [1.165, 1.54) is 44.6 Å². The first kappa shape index (κ1) is 36.8. The van der Waals surface area contributed by atoms with Gasteiger partial charge in [0.2, 0.25) is 0 Å². The van der Waals surface area contributed by atoms with Gasteiger partial charge in [0.25, 0.3) is 0 Å². The van der Waals surface area contributed by atoms with E-state index in [1.807, 2.05) is 12.3 Å². The highest BCUT2D eigenvalue weighted by atomic mass is 19.4. The Kier molecular flexibility index (Phi) is 13.9. The zero-order valence-corrected chi connectivity index (χ0v) is 21.6. The van der Waals surface area contributed by atoms with Crippen LogP contribution in [-0.2, 0) is 25.7 Å². The zero-order valence-electron chi connectivity index (χ0n) is 21.6. The van der Waals surface area contributed by atoms with Crippen LogP contribution < -0.4 is 0 Å². The van der Waals surface area contributed by atoms with Crippen molar-refractivity contribution in [3.8, 4) is 0 Å². The number of rotatable bonds is 4. The number of ether oxygens (including phenoxy) is 1. The average molecular weight is 629 g/mol. The lowest BCUT2D eigenvalue weighted by molar-refractivity contribution is -0.193. The maximum Gasteiger partial charge on any atom is 0.490 e. The van der Waals surface area contributed by atoms with Gasteiger partial charge in [-0.05, 0) is 37.3 Å². The molecule has 19 heteroatoms. The van der Waals surface area contributed by atoms with E-state index in [-0.39, 0.29) is 0 Å². The Balaban J connectivity index is 0.000000348. The normalized spacial score (nSPS) is 22.5. The summed E-state index contributed by atoms with van der Waals surface area (Å²) in [6, 6.07) is 7.76. The first-order valence-corrected chi connectivity index (χ1v) is 12.1. The molecule has 3 N–H and O–H groups in total. The Hall–Kier alpha value is -3.19. The summed E-state index contributed by atoms with van der Waals surface area (Å²) in [7, 11) is 0. The van der Waals surface area contributed by atoms with Gasteiger partial charge >= 0.3 is 36.4 Å². The molecule has 3 aliphatic heterocycles. The number of hydrogen-bond acceptors (Lipinski definition) is 7. The van der Waals surface area contributed by atoms with Crippen LogP contribution in [0.25, 0.3) is 0 Å². The summed E-state index contributed by atoms with van der Waals surface area (Å²) in [5.41, 5.74) is 1.21. The topological polar surface area (TPSA) is 140 Å². The van der Waals surface area contributed by atoms with Crippen molar-refractivity contribution in [2.45, 2.75) is 56.4 Å². The number of pyridine rings is 1. The Morgan fingerprint density at radius 3 is 1.62 bits per heavy atom. The van der Waals surface area contributed by atoms with Crippen LogP contribution in [0.1, 0.15) is 25.0 Å². The van der Waals surface area contributed by atoms with Gasteiger partial charge in [-0.1, -0.05) is 6.07 Å². The molecule has 0 spiro atoms. The van der Waals surface area contributed by atoms with Crippen LogP contribution in [0.2, 0.25) is 0 Å². The molecule has 0 amide bonds. The third-order valence-corrected chi connectivity index (χ3v) is 6.14. The van der Waals surface area contributed by atoms with Gasteiger partial charge in [-0.2, -0.15) is 39.5 Å². The van der Waals surface area contributed by atoms with Crippen molar-refractivity contribution in [3.63, 3.8) is 0 Å². The molecule has 0 aromatic carbocycles. The molecule has 1 unspecified atom stereocenters. The molecule has 3 aliphatic rings. The molecule has 3 atom stereocenters. The molecule has 3 fully saturated rings. The van der Waals surface area contributed by atoms with Gasteiger partial charge in [0.1, 0.15) is 0 Å². The Bertz CT molecular complexity index is 945. The van der Waals surface area contributed by atoms with Gasteiger partial charge < -0.3 is 20.1 Å². The zero-order chi connectivity index (χ0) is 32.3. The smallest absolute Gasteiger partial charge is 0.475 e. The van der Waals surface area contributed by atoms with Gasteiger partial charge in [0, 0.05) is 51.1 Å². The molecule has 3 saturated heterocycles. The number of hydrogen-bond donors (Lipinski definition) is 3. The Morgan fingerprint density at radius 1 is 0.786 bits per heavy atom. The minimum Gasteiger partial charge on any atom is -0.475 e. The molecule has 1 aromatic heterocycles. The number of halogens is 9. The van der Waals surface area contributed by atoms with E-state index in [9.17, 15) is 39.5 Å². The second-order valence-electron chi connectivity index (χ2n) is 9.14. The van der Waals surface area contributed by atoms with E-state index in [0.717, 1.165) is 37.8 Å². The summed E-state index contributed by atoms with van der Waals surface area (Å²) >= 11 is 0. The number of alkyl halides is 9. The van der Waals surface area contributed by atoms with E-state index in [4.69, 9.17) is 34.4 Å². The molecule has 1 aromatic rings. The van der Waals surface area contributed by atoms with Crippen molar-refractivity contribution in [1.82, 2.24) is 14.8 Å². The van der Waals surface area contributed by atoms with Gasteiger partial charge in [-0.15, -0.1) is 0 Å². The number of carboxylic acid groups (broad SMARTS) is 3. The second-order valence-corrected chi connectivity index (χ2v) is 9.14. The van der Waals surface area contributed by atoms with Crippen molar-refractivity contribution < 1.29 is 74.0 Å². The predicted molar refractivity (Wildman–Crippen MR) is 123 cm³/mol. The summed E-state index contributed by atoms with van der Waals surface area (Å²) in [4.78, 5) is 36.6. The van der Waals surface area contributed by atoms with Crippen LogP contribution in [0.5, 0.6) is 0 Å².